The number of carbonyl (C=O) groups excluding carboxylic acids is 2. The Morgan fingerprint density at radius 2 is 1.87 bits per heavy atom. The topological polar surface area (TPSA) is 64.7 Å². The van der Waals surface area contributed by atoms with Crippen molar-refractivity contribution >= 4 is 23.3 Å². The Kier molecular flexibility index (Phi) is 8.71. The SMILES string of the molecule is CN(Cc1ccccc1)C(=O)NCCC(=O)NCC1CCN(Cc2cccs2)CC1. The molecule has 1 aliphatic rings. The third kappa shape index (κ3) is 7.46. The minimum absolute atomic E-state index is 0.00188. The molecule has 30 heavy (non-hydrogen) atoms. The standard InChI is InChI=1S/C23H32N4O2S/c1-26(17-20-6-3-2-4-7-20)23(29)24-12-9-22(28)25-16-19-10-13-27(14-11-19)18-21-8-5-15-30-21/h2-8,15,19H,9-14,16-18H2,1H3,(H,24,29)(H,25,28). The summed E-state index contributed by atoms with van der Waals surface area (Å²) in [6.45, 7) is 4.83. The van der Waals surface area contributed by atoms with Crippen molar-refractivity contribution in [2.45, 2.75) is 32.4 Å². The maximum absolute atomic E-state index is 12.2. The molecule has 6 nitrogen and oxygen atoms in total. The number of urea groups is 1. The molecule has 1 aliphatic heterocycles. The van der Waals surface area contributed by atoms with Crippen LogP contribution < -0.4 is 10.6 Å². The summed E-state index contributed by atoms with van der Waals surface area (Å²) in [7, 11) is 1.76. The van der Waals surface area contributed by atoms with E-state index < -0.39 is 0 Å². The van der Waals surface area contributed by atoms with Crippen LogP contribution in [0.1, 0.15) is 29.7 Å². The van der Waals surface area contributed by atoms with E-state index in [0.717, 1.165) is 44.6 Å². The quantitative estimate of drug-likeness (QED) is 0.644. The van der Waals surface area contributed by atoms with Gasteiger partial charge in [-0.1, -0.05) is 36.4 Å². The first kappa shape index (κ1) is 22.3. The highest BCUT2D eigenvalue weighted by atomic mass is 32.1. The van der Waals surface area contributed by atoms with Gasteiger partial charge in [0.05, 0.1) is 0 Å². The van der Waals surface area contributed by atoms with Crippen LogP contribution in [0.4, 0.5) is 4.79 Å². The van der Waals surface area contributed by atoms with Gasteiger partial charge in [-0.15, -0.1) is 11.3 Å². The predicted octanol–water partition coefficient (Wildman–Crippen LogP) is 3.31. The van der Waals surface area contributed by atoms with Crippen molar-refractivity contribution in [3.63, 3.8) is 0 Å². The second-order valence-corrected chi connectivity index (χ2v) is 8.96. The number of amides is 3. The molecule has 2 heterocycles. The highest BCUT2D eigenvalue weighted by Gasteiger charge is 2.20. The lowest BCUT2D eigenvalue weighted by Gasteiger charge is -2.31. The predicted molar refractivity (Wildman–Crippen MR) is 121 cm³/mol. The van der Waals surface area contributed by atoms with Crippen molar-refractivity contribution in [1.82, 2.24) is 20.4 Å². The average Bonchev–Trinajstić information content (AvgIpc) is 3.27. The molecule has 1 saturated heterocycles. The molecular formula is C23H32N4O2S. The van der Waals surface area contributed by atoms with E-state index in [1.165, 1.54) is 4.88 Å². The zero-order valence-corrected chi connectivity index (χ0v) is 18.5. The van der Waals surface area contributed by atoms with E-state index in [2.05, 4.69) is 33.0 Å². The van der Waals surface area contributed by atoms with E-state index in [4.69, 9.17) is 0 Å². The van der Waals surface area contributed by atoms with Gasteiger partial charge in [0.15, 0.2) is 0 Å². The Morgan fingerprint density at radius 3 is 2.57 bits per heavy atom. The molecule has 0 bridgehead atoms. The number of piperidine rings is 1. The second-order valence-electron chi connectivity index (χ2n) is 7.93. The normalized spacial score (nSPS) is 15.0. The minimum Gasteiger partial charge on any atom is -0.356 e. The highest BCUT2D eigenvalue weighted by molar-refractivity contribution is 7.09. The zero-order valence-electron chi connectivity index (χ0n) is 17.7. The molecule has 0 radical (unpaired) electrons. The smallest absolute Gasteiger partial charge is 0.317 e. The zero-order chi connectivity index (χ0) is 21.2. The first-order valence-electron chi connectivity index (χ1n) is 10.6. The van der Waals surface area contributed by atoms with Gasteiger partial charge in [-0.05, 0) is 48.9 Å². The number of nitrogens with one attached hydrogen (secondary N) is 2. The number of hydrogen-bond acceptors (Lipinski definition) is 4. The lowest BCUT2D eigenvalue weighted by Crippen LogP contribution is -2.40. The minimum atomic E-state index is -0.162. The molecule has 2 N–H and O–H groups in total. The number of likely N-dealkylation sites (tertiary alicyclic amines) is 1. The Bertz CT molecular complexity index is 774. The van der Waals surface area contributed by atoms with Gasteiger partial charge in [-0.25, -0.2) is 4.79 Å². The van der Waals surface area contributed by atoms with E-state index in [9.17, 15) is 9.59 Å². The highest BCUT2D eigenvalue weighted by Crippen LogP contribution is 2.20. The first-order valence-corrected chi connectivity index (χ1v) is 11.5. The third-order valence-corrected chi connectivity index (χ3v) is 6.35. The maximum Gasteiger partial charge on any atom is 0.317 e. The summed E-state index contributed by atoms with van der Waals surface area (Å²) in [4.78, 5) is 29.8. The number of carbonyl (C=O) groups is 2. The molecule has 162 valence electrons. The van der Waals surface area contributed by atoms with E-state index in [-0.39, 0.29) is 11.9 Å². The fraction of sp³-hybridized carbons (Fsp3) is 0.478. The van der Waals surface area contributed by atoms with Crippen LogP contribution in [0.3, 0.4) is 0 Å². The van der Waals surface area contributed by atoms with Crippen molar-refractivity contribution < 1.29 is 9.59 Å². The summed E-state index contributed by atoms with van der Waals surface area (Å²) in [5.41, 5.74) is 1.08. The number of rotatable bonds is 9. The Labute approximate surface area is 183 Å². The molecule has 0 saturated carbocycles. The van der Waals surface area contributed by atoms with Gasteiger partial charge in [0, 0.05) is 44.5 Å². The maximum atomic E-state index is 12.2. The van der Waals surface area contributed by atoms with Crippen LogP contribution in [0.25, 0.3) is 0 Å². The molecule has 1 aromatic heterocycles. The first-order chi connectivity index (χ1) is 14.6. The summed E-state index contributed by atoms with van der Waals surface area (Å²) in [6.07, 6.45) is 2.54. The van der Waals surface area contributed by atoms with E-state index in [0.29, 0.717) is 25.4 Å². The van der Waals surface area contributed by atoms with Crippen LogP contribution in [-0.2, 0) is 17.9 Å². The summed E-state index contributed by atoms with van der Waals surface area (Å²) < 4.78 is 0. The number of hydrogen-bond donors (Lipinski definition) is 2. The van der Waals surface area contributed by atoms with Crippen molar-refractivity contribution in [3.05, 3.63) is 58.3 Å². The second kappa shape index (κ2) is 11.7. The van der Waals surface area contributed by atoms with Gasteiger partial charge >= 0.3 is 6.03 Å². The fourth-order valence-electron chi connectivity index (χ4n) is 3.67. The lowest BCUT2D eigenvalue weighted by molar-refractivity contribution is -0.121. The molecule has 3 amide bonds. The third-order valence-electron chi connectivity index (χ3n) is 5.49. The molecule has 0 aliphatic carbocycles. The van der Waals surface area contributed by atoms with Crippen LogP contribution in [-0.4, -0.2) is 55.0 Å². The molecular weight excluding hydrogens is 396 g/mol. The molecule has 2 aromatic rings. The molecule has 7 heteroatoms. The van der Waals surface area contributed by atoms with Gasteiger partial charge in [-0.2, -0.15) is 0 Å². The fourth-order valence-corrected chi connectivity index (χ4v) is 4.41. The van der Waals surface area contributed by atoms with Gasteiger partial charge in [0.1, 0.15) is 0 Å². The molecule has 1 aromatic carbocycles. The van der Waals surface area contributed by atoms with Crippen LogP contribution in [0.5, 0.6) is 0 Å². The van der Waals surface area contributed by atoms with E-state index in [1.54, 1.807) is 11.9 Å². The average molecular weight is 429 g/mol. The summed E-state index contributed by atoms with van der Waals surface area (Å²) >= 11 is 1.81. The summed E-state index contributed by atoms with van der Waals surface area (Å²) in [5, 5.41) is 7.98. The van der Waals surface area contributed by atoms with Crippen LogP contribution in [0.15, 0.2) is 47.8 Å². The summed E-state index contributed by atoms with van der Waals surface area (Å²) in [6, 6.07) is 14.0. The lowest BCUT2D eigenvalue weighted by atomic mass is 9.96. The van der Waals surface area contributed by atoms with Crippen molar-refractivity contribution in [2.75, 3.05) is 33.2 Å². The van der Waals surface area contributed by atoms with Gasteiger partial charge in [0.2, 0.25) is 5.91 Å². The van der Waals surface area contributed by atoms with Gasteiger partial charge in [0.25, 0.3) is 0 Å². The largest absolute Gasteiger partial charge is 0.356 e. The Hall–Kier alpha value is -2.38. The molecule has 0 spiro atoms. The Morgan fingerprint density at radius 1 is 1.10 bits per heavy atom. The van der Waals surface area contributed by atoms with Gasteiger partial charge in [-0.3, -0.25) is 9.69 Å². The molecule has 1 fully saturated rings. The van der Waals surface area contributed by atoms with Crippen LogP contribution in [0, 0.1) is 5.92 Å². The van der Waals surface area contributed by atoms with Gasteiger partial charge < -0.3 is 15.5 Å². The van der Waals surface area contributed by atoms with Crippen molar-refractivity contribution in [3.8, 4) is 0 Å². The van der Waals surface area contributed by atoms with E-state index in [1.807, 2.05) is 41.7 Å². The molecule has 3 rings (SSSR count). The monoisotopic (exact) mass is 428 g/mol. The van der Waals surface area contributed by atoms with Crippen molar-refractivity contribution in [1.29, 1.82) is 0 Å². The molecule has 0 unspecified atom stereocenters. The van der Waals surface area contributed by atoms with Crippen LogP contribution >= 0.6 is 11.3 Å². The number of nitrogens with zero attached hydrogens (tertiary/aromatic N) is 2. The Balaban J connectivity index is 1.25. The molecule has 0 atom stereocenters. The number of benzene rings is 1. The number of thiophene rings is 1. The summed E-state index contributed by atoms with van der Waals surface area (Å²) in [5.74, 6) is 0.544. The van der Waals surface area contributed by atoms with Crippen molar-refractivity contribution in [2.24, 2.45) is 5.92 Å². The van der Waals surface area contributed by atoms with E-state index >= 15 is 0 Å². The van der Waals surface area contributed by atoms with Crippen LogP contribution in [0.2, 0.25) is 0 Å².